The molecule has 0 aliphatic carbocycles. The van der Waals surface area contributed by atoms with Gasteiger partial charge in [0.25, 0.3) is 0 Å². The number of carboxylic acid groups (broad SMARTS) is 1. The Morgan fingerprint density at radius 3 is 2.64 bits per heavy atom. The summed E-state index contributed by atoms with van der Waals surface area (Å²) in [5, 5.41) is 12.4. The van der Waals surface area contributed by atoms with Gasteiger partial charge in [0.05, 0.1) is 12.2 Å². The first-order valence-electron chi connectivity index (χ1n) is 7.33. The molecular formula is C18H21NO3. The molecule has 0 aliphatic heterocycles. The van der Waals surface area contributed by atoms with Crippen LogP contribution in [0.1, 0.15) is 27.9 Å². The highest BCUT2D eigenvalue weighted by Gasteiger charge is 2.09. The average Bonchev–Trinajstić information content (AvgIpc) is 2.48. The second kappa shape index (κ2) is 7.50. The summed E-state index contributed by atoms with van der Waals surface area (Å²) in [4.78, 5) is 11.2. The maximum atomic E-state index is 11.2. The topological polar surface area (TPSA) is 58.6 Å². The molecule has 0 amide bonds. The van der Waals surface area contributed by atoms with E-state index in [4.69, 9.17) is 4.74 Å². The lowest BCUT2D eigenvalue weighted by molar-refractivity contribution is 0.0698. The number of ether oxygens (including phenoxy) is 1. The van der Waals surface area contributed by atoms with Crippen molar-refractivity contribution in [3.8, 4) is 5.75 Å². The quantitative estimate of drug-likeness (QED) is 0.762. The molecule has 0 radical (unpaired) electrons. The zero-order chi connectivity index (χ0) is 15.9. The fourth-order valence-electron chi connectivity index (χ4n) is 2.18. The third-order valence-corrected chi connectivity index (χ3v) is 3.30. The summed E-state index contributed by atoms with van der Waals surface area (Å²) in [5.41, 5.74) is 3.06. The molecule has 4 heteroatoms. The molecule has 0 aromatic heterocycles. The first kappa shape index (κ1) is 15.9. The van der Waals surface area contributed by atoms with Crippen molar-refractivity contribution in [2.24, 2.45) is 0 Å². The maximum Gasteiger partial charge on any atom is 0.337 e. The van der Waals surface area contributed by atoms with Crippen LogP contribution in [0.15, 0.2) is 42.5 Å². The van der Waals surface area contributed by atoms with Gasteiger partial charge in [-0.15, -0.1) is 0 Å². The number of hydrogen-bond acceptors (Lipinski definition) is 3. The number of hydrogen-bond donors (Lipinski definition) is 2. The van der Waals surface area contributed by atoms with Crippen molar-refractivity contribution in [1.29, 1.82) is 0 Å². The van der Waals surface area contributed by atoms with Gasteiger partial charge in [-0.25, -0.2) is 4.79 Å². The summed E-state index contributed by atoms with van der Waals surface area (Å²) in [5.74, 6) is -0.0521. The fourth-order valence-corrected chi connectivity index (χ4v) is 2.18. The number of anilines is 1. The van der Waals surface area contributed by atoms with Crippen LogP contribution in [0.3, 0.4) is 0 Å². The number of nitrogens with one attached hydrogen (secondary N) is 1. The zero-order valence-corrected chi connectivity index (χ0v) is 12.9. The lowest BCUT2D eigenvalue weighted by atomic mass is 10.1. The minimum Gasteiger partial charge on any atom is -0.494 e. The second-order valence-electron chi connectivity index (χ2n) is 5.30. The standard InChI is InChI=1S/C18H21NO3/c1-13-5-3-6-15(11-13)22-10-4-9-19-17-8-7-14(2)12-16(17)18(20)21/h3,5-8,11-12,19H,4,9-10H2,1-2H3,(H,20,21). The van der Waals surface area contributed by atoms with E-state index in [0.717, 1.165) is 17.7 Å². The number of aryl methyl sites for hydroxylation is 2. The highest BCUT2D eigenvalue weighted by atomic mass is 16.5. The van der Waals surface area contributed by atoms with E-state index in [1.54, 1.807) is 12.1 Å². The van der Waals surface area contributed by atoms with Gasteiger partial charge in [-0.3, -0.25) is 0 Å². The summed E-state index contributed by atoms with van der Waals surface area (Å²) in [6, 6.07) is 13.3. The van der Waals surface area contributed by atoms with Gasteiger partial charge < -0.3 is 15.2 Å². The van der Waals surface area contributed by atoms with E-state index in [-0.39, 0.29) is 0 Å². The maximum absolute atomic E-state index is 11.2. The van der Waals surface area contributed by atoms with Crippen molar-refractivity contribution in [1.82, 2.24) is 0 Å². The first-order chi connectivity index (χ1) is 10.6. The van der Waals surface area contributed by atoms with Crippen LogP contribution in [0.4, 0.5) is 5.69 Å². The summed E-state index contributed by atoms with van der Waals surface area (Å²) in [6.07, 6.45) is 0.793. The number of carbonyl (C=O) groups is 1. The summed E-state index contributed by atoms with van der Waals surface area (Å²) in [6.45, 7) is 5.16. The number of aromatic carboxylic acids is 1. The molecule has 0 saturated heterocycles. The Morgan fingerprint density at radius 2 is 1.91 bits per heavy atom. The minimum absolute atomic E-state index is 0.305. The van der Waals surface area contributed by atoms with Gasteiger partial charge in [-0.05, 0) is 50.1 Å². The van der Waals surface area contributed by atoms with Gasteiger partial charge in [-0.2, -0.15) is 0 Å². The number of benzene rings is 2. The Labute approximate surface area is 130 Å². The summed E-state index contributed by atoms with van der Waals surface area (Å²) in [7, 11) is 0. The fraction of sp³-hybridized carbons (Fsp3) is 0.278. The van der Waals surface area contributed by atoms with E-state index in [9.17, 15) is 9.90 Å². The Bertz CT molecular complexity index is 653. The van der Waals surface area contributed by atoms with Gasteiger partial charge in [0, 0.05) is 12.2 Å². The highest BCUT2D eigenvalue weighted by Crippen LogP contribution is 2.17. The van der Waals surface area contributed by atoms with E-state index in [2.05, 4.69) is 5.32 Å². The van der Waals surface area contributed by atoms with Crippen molar-refractivity contribution in [2.75, 3.05) is 18.5 Å². The third kappa shape index (κ3) is 4.52. The van der Waals surface area contributed by atoms with E-state index in [0.29, 0.717) is 24.4 Å². The average molecular weight is 299 g/mol. The highest BCUT2D eigenvalue weighted by molar-refractivity contribution is 5.94. The molecular weight excluding hydrogens is 278 g/mol. The summed E-state index contributed by atoms with van der Waals surface area (Å²) < 4.78 is 5.67. The summed E-state index contributed by atoms with van der Waals surface area (Å²) >= 11 is 0. The van der Waals surface area contributed by atoms with Crippen molar-refractivity contribution in [2.45, 2.75) is 20.3 Å². The number of rotatable bonds is 7. The van der Waals surface area contributed by atoms with Gasteiger partial charge in [0.15, 0.2) is 0 Å². The Balaban J connectivity index is 1.81. The molecule has 0 bridgehead atoms. The van der Waals surface area contributed by atoms with Crippen LogP contribution >= 0.6 is 0 Å². The van der Waals surface area contributed by atoms with E-state index in [1.807, 2.05) is 44.2 Å². The van der Waals surface area contributed by atoms with Gasteiger partial charge in [0.1, 0.15) is 5.75 Å². The molecule has 116 valence electrons. The largest absolute Gasteiger partial charge is 0.494 e. The van der Waals surface area contributed by atoms with Crippen molar-refractivity contribution in [3.05, 3.63) is 59.2 Å². The Hall–Kier alpha value is -2.49. The van der Waals surface area contributed by atoms with Crippen molar-refractivity contribution in [3.63, 3.8) is 0 Å². The molecule has 22 heavy (non-hydrogen) atoms. The van der Waals surface area contributed by atoms with Crippen LogP contribution < -0.4 is 10.1 Å². The number of carboxylic acids is 1. The van der Waals surface area contributed by atoms with Gasteiger partial charge in [0.2, 0.25) is 0 Å². The molecule has 2 aromatic rings. The normalized spacial score (nSPS) is 10.3. The van der Waals surface area contributed by atoms with E-state index >= 15 is 0 Å². The Kier molecular flexibility index (Phi) is 5.42. The third-order valence-electron chi connectivity index (χ3n) is 3.30. The lowest BCUT2D eigenvalue weighted by Crippen LogP contribution is -2.10. The molecule has 0 saturated carbocycles. The van der Waals surface area contributed by atoms with Crippen LogP contribution in [0.5, 0.6) is 5.75 Å². The lowest BCUT2D eigenvalue weighted by Gasteiger charge is -2.11. The zero-order valence-electron chi connectivity index (χ0n) is 12.9. The predicted molar refractivity (Wildman–Crippen MR) is 87.9 cm³/mol. The van der Waals surface area contributed by atoms with Crippen LogP contribution in [-0.2, 0) is 0 Å². The SMILES string of the molecule is Cc1cccc(OCCCNc2ccc(C)cc2C(=O)O)c1. The van der Waals surface area contributed by atoms with Crippen LogP contribution in [0, 0.1) is 13.8 Å². The molecule has 4 nitrogen and oxygen atoms in total. The van der Waals surface area contributed by atoms with E-state index < -0.39 is 5.97 Å². The van der Waals surface area contributed by atoms with Crippen LogP contribution in [0.2, 0.25) is 0 Å². The predicted octanol–water partition coefficient (Wildman–Crippen LogP) is 3.88. The van der Waals surface area contributed by atoms with Crippen LogP contribution in [-0.4, -0.2) is 24.2 Å². The molecule has 2 rings (SSSR count). The first-order valence-corrected chi connectivity index (χ1v) is 7.33. The molecule has 0 atom stereocenters. The molecule has 0 aliphatic rings. The van der Waals surface area contributed by atoms with Crippen molar-refractivity contribution < 1.29 is 14.6 Å². The minimum atomic E-state index is -0.915. The van der Waals surface area contributed by atoms with Crippen LogP contribution in [0.25, 0.3) is 0 Å². The van der Waals surface area contributed by atoms with E-state index in [1.165, 1.54) is 5.56 Å². The molecule has 2 N–H and O–H groups in total. The van der Waals surface area contributed by atoms with Crippen molar-refractivity contribution >= 4 is 11.7 Å². The molecule has 0 unspecified atom stereocenters. The smallest absolute Gasteiger partial charge is 0.337 e. The van der Waals surface area contributed by atoms with Gasteiger partial charge >= 0.3 is 5.97 Å². The second-order valence-corrected chi connectivity index (χ2v) is 5.30. The van der Waals surface area contributed by atoms with Gasteiger partial charge in [-0.1, -0.05) is 23.8 Å². The Morgan fingerprint density at radius 1 is 1.14 bits per heavy atom. The molecule has 0 heterocycles. The molecule has 0 spiro atoms. The monoisotopic (exact) mass is 299 g/mol. The molecule has 2 aromatic carbocycles. The molecule has 0 fully saturated rings.